The molecule has 1 aromatic carbocycles. The number of nitrogens with zero attached hydrogens (tertiary/aromatic N) is 2. The summed E-state index contributed by atoms with van der Waals surface area (Å²) < 4.78 is 12.9. The molecule has 0 aliphatic carbocycles. The molecule has 0 saturated carbocycles. The molecule has 0 saturated heterocycles. The first kappa shape index (κ1) is 11.1. The lowest BCUT2D eigenvalue weighted by Crippen LogP contribution is -1.89. The van der Waals surface area contributed by atoms with E-state index in [0.29, 0.717) is 16.4 Å². The Hall–Kier alpha value is -2.00. The maximum Gasteiger partial charge on any atom is 0.161 e. The molecule has 0 unspecified atom stereocenters. The number of aromatic nitrogens is 2. The van der Waals surface area contributed by atoms with Crippen LogP contribution in [-0.4, -0.2) is 9.97 Å². The van der Waals surface area contributed by atoms with Crippen molar-refractivity contribution in [3.8, 4) is 11.3 Å². The zero-order valence-electron chi connectivity index (χ0n) is 9.27. The number of fused-ring (bicyclic) bond motifs is 1. The summed E-state index contributed by atoms with van der Waals surface area (Å²) in [4.78, 5) is 8.59. The first-order valence-corrected chi connectivity index (χ1v) is 5.79. The van der Waals surface area contributed by atoms with E-state index in [1.165, 1.54) is 12.1 Å². The summed E-state index contributed by atoms with van der Waals surface area (Å²) in [5.74, 6) is -0.274. The smallest absolute Gasteiger partial charge is 0.161 e. The van der Waals surface area contributed by atoms with Gasteiger partial charge in [0, 0.05) is 17.1 Å². The van der Waals surface area contributed by atoms with Crippen LogP contribution in [0.3, 0.4) is 0 Å². The fourth-order valence-corrected chi connectivity index (χ4v) is 2.04. The standard InChI is InChI=1S/C14H8ClFN2/c15-12-8-13(9-3-5-10(16)6-4-9)18-14-11(12)2-1-7-17-14/h1-8H. The summed E-state index contributed by atoms with van der Waals surface area (Å²) in [6.45, 7) is 0. The lowest BCUT2D eigenvalue weighted by atomic mass is 10.1. The molecule has 2 heterocycles. The highest BCUT2D eigenvalue weighted by Crippen LogP contribution is 2.26. The number of pyridine rings is 2. The summed E-state index contributed by atoms with van der Waals surface area (Å²) >= 11 is 6.19. The molecule has 18 heavy (non-hydrogen) atoms. The van der Waals surface area contributed by atoms with Crippen molar-refractivity contribution in [1.82, 2.24) is 9.97 Å². The van der Waals surface area contributed by atoms with Crippen molar-refractivity contribution in [2.75, 3.05) is 0 Å². The molecule has 3 aromatic rings. The second-order valence-electron chi connectivity index (χ2n) is 3.87. The molecule has 0 fully saturated rings. The third kappa shape index (κ3) is 1.93. The van der Waals surface area contributed by atoms with Crippen LogP contribution in [0.15, 0.2) is 48.7 Å². The second kappa shape index (κ2) is 4.35. The van der Waals surface area contributed by atoms with Crippen molar-refractivity contribution in [3.05, 3.63) is 59.5 Å². The van der Waals surface area contributed by atoms with E-state index in [1.807, 2.05) is 12.1 Å². The predicted molar refractivity (Wildman–Crippen MR) is 69.9 cm³/mol. The van der Waals surface area contributed by atoms with Gasteiger partial charge in [-0.1, -0.05) is 11.6 Å². The average Bonchev–Trinajstić information content (AvgIpc) is 2.39. The van der Waals surface area contributed by atoms with Crippen LogP contribution in [0, 0.1) is 5.82 Å². The van der Waals surface area contributed by atoms with Gasteiger partial charge >= 0.3 is 0 Å². The Balaban J connectivity index is 2.21. The Kier molecular flexibility index (Phi) is 2.68. The number of halogens is 2. The largest absolute Gasteiger partial charge is 0.237 e. The Morgan fingerprint density at radius 1 is 1.06 bits per heavy atom. The third-order valence-electron chi connectivity index (χ3n) is 2.67. The predicted octanol–water partition coefficient (Wildman–Crippen LogP) is 4.09. The highest BCUT2D eigenvalue weighted by atomic mass is 35.5. The number of hydrogen-bond acceptors (Lipinski definition) is 2. The van der Waals surface area contributed by atoms with Crippen LogP contribution < -0.4 is 0 Å². The molecule has 0 aliphatic rings. The van der Waals surface area contributed by atoms with Crippen LogP contribution in [0.2, 0.25) is 5.02 Å². The topological polar surface area (TPSA) is 25.8 Å². The number of benzene rings is 1. The zero-order valence-corrected chi connectivity index (χ0v) is 10.0. The Bertz CT molecular complexity index is 711. The molecule has 0 bridgehead atoms. The first-order chi connectivity index (χ1) is 8.74. The SMILES string of the molecule is Fc1ccc(-c2cc(Cl)c3cccnc3n2)cc1. The molecule has 3 rings (SSSR count). The number of rotatable bonds is 1. The molecule has 0 aliphatic heterocycles. The van der Waals surface area contributed by atoms with E-state index in [9.17, 15) is 4.39 Å². The van der Waals surface area contributed by atoms with Crippen LogP contribution in [0.4, 0.5) is 4.39 Å². The lowest BCUT2D eigenvalue weighted by molar-refractivity contribution is 0.628. The van der Waals surface area contributed by atoms with E-state index in [-0.39, 0.29) is 5.82 Å². The summed E-state index contributed by atoms with van der Waals surface area (Å²) in [7, 11) is 0. The van der Waals surface area contributed by atoms with Gasteiger partial charge in [0.15, 0.2) is 5.65 Å². The van der Waals surface area contributed by atoms with Gasteiger partial charge in [-0.2, -0.15) is 0 Å². The minimum Gasteiger partial charge on any atom is -0.237 e. The molecule has 0 amide bonds. The molecular formula is C14H8ClFN2. The summed E-state index contributed by atoms with van der Waals surface area (Å²) in [6, 6.07) is 11.6. The quantitative estimate of drug-likeness (QED) is 0.657. The average molecular weight is 259 g/mol. The van der Waals surface area contributed by atoms with Gasteiger partial charge in [-0.05, 0) is 42.5 Å². The zero-order chi connectivity index (χ0) is 12.5. The fraction of sp³-hybridized carbons (Fsp3) is 0. The van der Waals surface area contributed by atoms with Crippen LogP contribution in [0.5, 0.6) is 0 Å². The maximum absolute atomic E-state index is 12.9. The minimum atomic E-state index is -0.274. The summed E-state index contributed by atoms with van der Waals surface area (Å²) in [5.41, 5.74) is 2.08. The van der Waals surface area contributed by atoms with E-state index in [1.54, 1.807) is 24.4 Å². The highest BCUT2D eigenvalue weighted by Gasteiger charge is 2.06. The molecular weight excluding hydrogens is 251 g/mol. The van der Waals surface area contributed by atoms with Crippen molar-refractivity contribution < 1.29 is 4.39 Å². The molecule has 0 radical (unpaired) electrons. The summed E-state index contributed by atoms with van der Waals surface area (Å²) in [6.07, 6.45) is 1.67. The van der Waals surface area contributed by atoms with E-state index in [2.05, 4.69) is 9.97 Å². The van der Waals surface area contributed by atoms with Crippen molar-refractivity contribution in [3.63, 3.8) is 0 Å². The van der Waals surface area contributed by atoms with Crippen LogP contribution >= 0.6 is 11.6 Å². The van der Waals surface area contributed by atoms with Crippen molar-refractivity contribution in [1.29, 1.82) is 0 Å². The molecule has 0 atom stereocenters. The Labute approximate surface area is 108 Å². The van der Waals surface area contributed by atoms with Gasteiger partial charge in [0.25, 0.3) is 0 Å². The molecule has 2 aromatic heterocycles. The van der Waals surface area contributed by atoms with Gasteiger partial charge in [0.2, 0.25) is 0 Å². The van der Waals surface area contributed by atoms with Gasteiger partial charge in [-0.25, -0.2) is 14.4 Å². The highest BCUT2D eigenvalue weighted by molar-refractivity contribution is 6.35. The van der Waals surface area contributed by atoms with E-state index >= 15 is 0 Å². The van der Waals surface area contributed by atoms with Gasteiger partial charge in [-0.15, -0.1) is 0 Å². The lowest BCUT2D eigenvalue weighted by Gasteiger charge is -2.04. The molecule has 0 N–H and O–H groups in total. The van der Waals surface area contributed by atoms with Gasteiger partial charge in [0.1, 0.15) is 5.82 Å². The van der Waals surface area contributed by atoms with Crippen LogP contribution in [0.1, 0.15) is 0 Å². The Morgan fingerprint density at radius 3 is 2.61 bits per heavy atom. The monoisotopic (exact) mass is 258 g/mol. The molecule has 0 spiro atoms. The van der Waals surface area contributed by atoms with E-state index in [4.69, 9.17) is 11.6 Å². The third-order valence-corrected chi connectivity index (χ3v) is 2.99. The van der Waals surface area contributed by atoms with Gasteiger partial charge in [0.05, 0.1) is 10.7 Å². The Morgan fingerprint density at radius 2 is 1.83 bits per heavy atom. The van der Waals surface area contributed by atoms with Crippen molar-refractivity contribution in [2.45, 2.75) is 0 Å². The van der Waals surface area contributed by atoms with E-state index < -0.39 is 0 Å². The maximum atomic E-state index is 12.9. The van der Waals surface area contributed by atoms with E-state index in [0.717, 1.165) is 10.9 Å². The molecule has 2 nitrogen and oxygen atoms in total. The summed E-state index contributed by atoms with van der Waals surface area (Å²) in [5, 5.41) is 1.40. The normalized spacial score (nSPS) is 10.8. The van der Waals surface area contributed by atoms with Gasteiger partial charge < -0.3 is 0 Å². The molecule has 88 valence electrons. The first-order valence-electron chi connectivity index (χ1n) is 5.41. The van der Waals surface area contributed by atoms with Gasteiger partial charge in [-0.3, -0.25) is 0 Å². The number of hydrogen-bond donors (Lipinski definition) is 0. The van der Waals surface area contributed by atoms with Crippen LogP contribution in [-0.2, 0) is 0 Å². The second-order valence-corrected chi connectivity index (χ2v) is 4.28. The fourth-order valence-electron chi connectivity index (χ4n) is 1.79. The minimum absolute atomic E-state index is 0.274. The van der Waals surface area contributed by atoms with Crippen molar-refractivity contribution in [2.24, 2.45) is 0 Å². The molecule has 4 heteroatoms. The van der Waals surface area contributed by atoms with Crippen molar-refractivity contribution >= 4 is 22.6 Å². The van der Waals surface area contributed by atoms with Crippen LogP contribution in [0.25, 0.3) is 22.3 Å².